The molecule has 0 spiro atoms. The van der Waals surface area contributed by atoms with Crippen molar-refractivity contribution in [3.05, 3.63) is 29.8 Å². The minimum absolute atomic E-state index is 0. The largest absolute Gasteiger partial charge is 0.497 e. The Labute approximate surface area is 180 Å². The summed E-state index contributed by atoms with van der Waals surface area (Å²) in [6, 6.07) is 7.91. The molecule has 0 atom stereocenters. The van der Waals surface area contributed by atoms with E-state index in [9.17, 15) is 4.79 Å². The Hall–Kier alpha value is -1.51. The molecule has 27 heavy (non-hydrogen) atoms. The van der Waals surface area contributed by atoms with Gasteiger partial charge in [-0.2, -0.15) is 0 Å². The van der Waals surface area contributed by atoms with E-state index in [-0.39, 0.29) is 35.3 Å². The molecule has 0 heterocycles. The number of halogens is 1. The number of rotatable bonds is 7. The fourth-order valence-corrected chi connectivity index (χ4v) is 3.49. The zero-order valence-corrected chi connectivity index (χ0v) is 19.2. The smallest absolute Gasteiger partial charge is 0.230 e. The summed E-state index contributed by atoms with van der Waals surface area (Å²) in [6.45, 7) is 4.02. The number of aliphatic imine (C=N–C) groups is 1. The molecule has 152 valence electrons. The number of nitrogens with zero attached hydrogens (tertiary/aromatic N) is 2. The van der Waals surface area contributed by atoms with E-state index in [1.54, 1.807) is 12.0 Å². The van der Waals surface area contributed by atoms with Gasteiger partial charge in [0.1, 0.15) is 5.75 Å². The second-order valence-corrected chi connectivity index (χ2v) is 7.08. The zero-order valence-electron chi connectivity index (χ0n) is 16.9. The normalized spacial score (nSPS) is 15.6. The topological polar surface area (TPSA) is 66.0 Å². The minimum atomic E-state index is -0.306. The average molecular weight is 488 g/mol. The van der Waals surface area contributed by atoms with Gasteiger partial charge in [0.05, 0.1) is 19.1 Å². The predicted octanol–water partition coefficient (Wildman–Crippen LogP) is 3.02. The highest BCUT2D eigenvalue weighted by Crippen LogP contribution is 2.38. The molecule has 0 aromatic heterocycles. The van der Waals surface area contributed by atoms with Crippen LogP contribution in [0.4, 0.5) is 0 Å². The molecule has 0 unspecified atom stereocenters. The van der Waals surface area contributed by atoms with E-state index in [4.69, 9.17) is 4.74 Å². The lowest BCUT2D eigenvalue weighted by Gasteiger charge is -2.31. The summed E-state index contributed by atoms with van der Waals surface area (Å²) in [4.78, 5) is 19.1. The van der Waals surface area contributed by atoms with E-state index in [2.05, 4.69) is 15.6 Å². The van der Waals surface area contributed by atoms with Gasteiger partial charge in [-0.3, -0.25) is 4.79 Å². The first-order valence-electron chi connectivity index (χ1n) is 9.37. The third kappa shape index (κ3) is 6.55. The molecule has 0 bridgehead atoms. The number of hydrogen-bond acceptors (Lipinski definition) is 3. The Morgan fingerprint density at radius 2 is 1.81 bits per heavy atom. The molecular weight excluding hydrogens is 455 g/mol. The van der Waals surface area contributed by atoms with Crippen LogP contribution in [0.3, 0.4) is 0 Å². The fourth-order valence-electron chi connectivity index (χ4n) is 3.49. The number of methoxy groups -OCH3 is 1. The van der Waals surface area contributed by atoms with Gasteiger partial charge in [0, 0.05) is 27.2 Å². The van der Waals surface area contributed by atoms with E-state index in [0.29, 0.717) is 13.1 Å². The van der Waals surface area contributed by atoms with Gasteiger partial charge in [0.2, 0.25) is 5.91 Å². The van der Waals surface area contributed by atoms with E-state index in [0.717, 1.165) is 49.5 Å². The highest BCUT2D eigenvalue weighted by Gasteiger charge is 2.42. The van der Waals surface area contributed by atoms with Crippen molar-refractivity contribution in [2.45, 2.75) is 39.2 Å². The number of nitrogens with one attached hydrogen (secondary N) is 2. The molecule has 0 aliphatic heterocycles. The van der Waals surface area contributed by atoms with Gasteiger partial charge in [-0.25, -0.2) is 4.99 Å². The standard InChI is InChI=1S/C20H32N4O2.HI/c1-5-21-19(22-14-16-8-10-17(26-4)11-9-16)23-15-20(12-6-7-13-20)18(25)24(2)3;/h8-11H,5-7,12-15H2,1-4H3,(H2,21,22,23);1H. The molecule has 1 amide bonds. The summed E-state index contributed by atoms with van der Waals surface area (Å²) in [5.41, 5.74) is 0.808. The molecule has 1 fully saturated rings. The van der Waals surface area contributed by atoms with Crippen molar-refractivity contribution < 1.29 is 9.53 Å². The number of carbonyl (C=O) groups excluding carboxylic acids is 1. The first-order valence-corrected chi connectivity index (χ1v) is 9.37. The van der Waals surface area contributed by atoms with Crippen molar-refractivity contribution in [2.75, 3.05) is 34.3 Å². The van der Waals surface area contributed by atoms with Gasteiger partial charge in [-0.1, -0.05) is 25.0 Å². The molecule has 0 saturated heterocycles. The van der Waals surface area contributed by atoms with Gasteiger partial charge in [-0.15, -0.1) is 24.0 Å². The number of guanidine groups is 1. The summed E-state index contributed by atoms with van der Waals surface area (Å²) < 4.78 is 5.19. The van der Waals surface area contributed by atoms with Crippen LogP contribution >= 0.6 is 24.0 Å². The van der Waals surface area contributed by atoms with E-state index in [1.807, 2.05) is 45.3 Å². The maximum atomic E-state index is 12.7. The SMILES string of the molecule is CCNC(=NCc1ccc(OC)cc1)NCC1(C(=O)N(C)C)CCCC1.I. The van der Waals surface area contributed by atoms with Crippen molar-refractivity contribution in [1.82, 2.24) is 15.5 Å². The van der Waals surface area contributed by atoms with Crippen LogP contribution in [0.15, 0.2) is 29.3 Å². The van der Waals surface area contributed by atoms with Crippen LogP contribution in [0.5, 0.6) is 5.75 Å². The average Bonchev–Trinajstić information content (AvgIpc) is 3.13. The van der Waals surface area contributed by atoms with Gasteiger partial charge < -0.3 is 20.3 Å². The van der Waals surface area contributed by atoms with Gasteiger partial charge >= 0.3 is 0 Å². The molecule has 7 heteroatoms. The molecule has 1 aliphatic rings. The van der Waals surface area contributed by atoms with E-state index in [1.165, 1.54) is 0 Å². The third-order valence-electron chi connectivity index (χ3n) is 4.94. The number of ether oxygens (including phenoxy) is 1. The van der Waals surface area contributed by atoms with Crippen molar-refractivity contribution >= 4 is 35.8 Å². The molecular formula is C20H33IN4O2. The summed E-state index contributed by atoms with van der Waals surface area (Å²) in [7, 11) is 5.34. The first-order chi connectivity index (χ1) is 12.5. The molecule has 0 radical (unpaired) electrons. The third-order valence-corrected chi connectivity index (χ3v) is 4.94. The van der Waals surface area contributed by atoms with Gasteiger partial charge in [0.25, 0.3) is 0 Å². The van der Waals surface area contributed by atoms with Crippen molar-refractivity contribution in [3.63, 3.8) is 0 Å². The lowest BCUT2D eigenvalue weighted by atomic mass is 9.84. The second-order valence-electron chi connectivity index (χ2n) is 7.08. The van der Waals surface area contributed by atoms with E-state index >= 15 is 0 Å². The van der Waals surface area contributed by atoms with Crippen LogP contribution in [-0.2, 0) is 11.3 Å². The number of carbonyl (C=O) groups is 1. The Morgan fingerprint density at radius 3 is 2.33 bits per heavy atom. The van der Waals surface area contributed by atoms with Crippen molar-refractivity contribution in [2.24, 2.45) is 10.4 Å². The van der Waals surface area contributed by atoms with Crippen molar-refractivity contribution in [3.8, 4) is 5.75 Å². The molecule has 2 N–H and O–H groups in total. The molecule has 6 nitrogen and oxygen atoms in total. The highest BCUT2D eigenvalue weighted by molar-refractivity contribution is 14.0. The lowest BCUT2D eigenvalue weighted by molar-refractivity contribution is -0.138. The molecule has 2 rings (SSSR count). The number of hydrogen-bond donors (Lipinski definition) is 2. The Bertz CT molecular complexity index is 611. The Morgan fingerprint density at radius 1 is 1.19 bits per heavy atom. The van der Waals surface area contributed by atoms with Crippen LogP contribution in [0.1, 0.15) is 38.2 Å². The van der Waals surface area contributed by atoms with Crippen molar-refractivity contribution in [1.29, 1.82) is 0 Å². The van der Waals surface area contributed by atoms with Crippen LogP contribution < -0.4 is 15.4 Å². The molecule has 1 aliphatic carbocycles. The maximum Gasteiger partial charge on any atom is 0.230 e. The van der Waals surface area contributed by atoms with Crippen LogP contribution in [0, 0.1) is 5.41 Å². The summed E-state index contributed by atoms with van der Waals surface area (Å²) in [5.74, 6) is 1.81. The fraction of sp³-hybridized carbons (Fsp3) is 0.600. The van der Waals surface area contributed by atoms with Gasteiger partial charge in [-0.05, 0) is 37.5 Å². The summed E-state index contributed by atoms with van der Waals surface area (Å²) in [5, 5.41) is 6.67. The maximum absolute atomic E-state index is 12.7. The minimum Gasteiger partial charge on any atom is -0.497 e. The first kappa shape index (κ1) is 23.5. The van der Waals surface area contributed by atoms with E-state index < -0.39 is 0 Å². The zero-order chi connectivity index (χ0) is 19.0. The lowest BCUT2D eigenvalue weighted by Crippen LogP contribution is -2.49. The molecule has 1 aromatic carbocycles. The van der Waals surface area contributed by atoms with Crippen LogP contribution in [0.2, 0.25) is 0 Å². The second kappa shape index (κ2) is 11.4. The summed E-state index contributed by atoms with van der Waals surface area (Å²) in [6.07, 6.45) is 4.10. The number of benzene rings is 1. The van der Waals surface area contributed by atoms with Crippen LogP contribution in [0.25, 0.3) is 0 Å². The van der Waals surface area contributed by atoms with Crippen LogP contribution in [-0.4, -0.2) is 51.1 Å². The molecule has 1 aromatic rings. The Kier molecular flexibility index (Phi) is 9.90. The number of amides is 1. The van der Waals surface area contributed by atoms with Gasteiger partial charge in [0.15, 0.2) is 5.96 Å². The Balaban J connectivity index is 0.00000364. The highest BCUT2D eigenvalue weighted by atomic mass is 127. The molecule has 1 saturated carbocycles. The quantitative estimate of drug-likeness (QED) is 0.352. The summed E-state index contributed by atoms with van der Waals surface area (Å²) >= 11 is 0. The monoisotopic (exact) mass is 488 g/mol. The predicted molar refractivity (Wildman–Crippen MR) is 121 cm³/mol.